The second-order valence-corrected chi connectivity index (χ2v) is 7.64. The fourth-order valence-electron chi connectivity index (χ4n) is 2.52. The zero-order chi connectivity index (χ0) is 26.4. The Kier molecular flexibility index (Phi) is 26.5. The molecule has 0 saturated heterocycles. The van der Waals surface area contributed by atoms with E-state index < -0.39 is 0 Å². The van der Waals surface area contributed by atoms with Gasteiger partial charge in [-0.1, -0.05) is 17.2 Å². The summed E-state index contributed by atoms with van der Waals surface area (Å²) in [5, 5.41) is 6.77. The van der Waals surface area contributed by atoms with Gasteiger partial charge in [0.2, 0.25) is 0 Å². The highest BCUT2D eigenvalue weighted by atomic mass is 16.7. The molecule has 0 aliphatic rings. The van der Waals surface area contributed by atoms with Gasteiger partial charge >= 0.3 is 0 Å². The second-order valence-electron chi connectivity index (χ2n) is 7.64. The van der Waals surface area contributed by atoms with Crippen LogP contribution in [0.25, 0.3) is 20.9 Å². The van der Waals surface area contributed by atoms with Crippen molar-refractivity contribution in [2.45, 2.75) is 6.92 Å². The van der Waals surface area contributed by atoms with Crippen molar-refractivity contribution < 1.29 is 42.6 Å². The maximum atomic E-state index is 8.18. The van der Waals surface area contributed by atoms with Crippen LogP contribution in [0.15, 0.2) is 10.2 Å². The average molecular weight is 523 g/mol. The van der Waals surface area contributed by atoms with Gasteiger partial charge in [-0.3, -0.25) is 0 Å². The molecule has 0 fully saturated rings. The van der Waals surface area contributed by atoms with Gasteiger partial charge in [-0.05, 0) is 11.1 Å². The van der Waals surface area contributed by atoms with E-state index in [-0.39, 0.29) is 12.2 Å². The normalized spacial score (nSPS) is 12.6. The highest BCUT2D eigenvalue weighted by Crippen LogP contribution is 2.18. The molecule has 0 aliphatic carbocycles. The Morgan fingerprint density at radius 2 is 0.861 bits per heavy atom. The van der Waals surface area contributed by atoms with Gasteiger partial charge in [-0.15, -0.1) is 0 Å². The largest absolute Gasteiger partial charge is 0.379 e. The Hall–Kier alpha value is -1.74. The zero-order valence-electron chi connectivity index (χ0n) is 21.6. The average Bonchev–Trinajstić information content (AvgIpc) is 2.88. The van der Waals surface area contributed by atoms with Crippen molar-refractivity contribution in [3.63, 3.8) is 0 Å². The van der Waals surface area contributed by atoms with Crippen molar-refractivity contribution in [3.8, 4) is 0 Å². The van der Waals surface area contributed by atoms with Crippen LogP contribution in [0.4, 0.5) is 0 Å². The monoisotopic (exact) mass is 522 g/mol. The molecule has 0 heterocycles. The first-order valence-electron chi connectivity index (χ1n) is 11.8. The van der Waals surface area contributed by atoms with Crippen molar-refractivity contribution in [3.05, 3.63) is 20.9 Å². The van der Waals surface area contributed by atoms with Crippen LogP contribution >= 0.6 is 0 Å². The van der Waals surface area contributed by atoms with Crippen molar-refractivity contribution in [2.75, 3.05) is 126 Å². The highest BCUT2D eigenvalue weighted by Gasteiger charge is 2.26. The number of hydrogen-bond donors (Lipinski definition) is 0. The summed E-state index contributed by atoms with van der Waals surface area (Å²) in [6.07, 6.45) is 0. The lowest BCUT2D eigenvalue weighted by molar-refractivity contribution is -0.0915. The lowest BCUT2D eigenvalue weighted by Gasteiger charge is -2.29. The molecule has 15 nitrogen and oxygen atoms in total. The molecule has 0 aromatic heterocycles. The van der Waals surface area contributed by atoms with Crippen LogP contribution < -0.4 is 0 Å². The van der Waals surface area contributed by atoms with E-state index in [0.29, 0.717) is 112 Å². The summed E-state index contributed by atoms with van der Waals surface area (Å²) < 4.78 is 48.9. The minimum Gasteiger partial charge on any atom is -0.379 e. The first-order valence-corrected chi connectivity index (χ1v) is 11.8. The van der Waals surface area contributed by atoms with Gasteiger partial charge < -0.3 is 42.6 Å². The van der Waals surface area contributed by atoms with E-state index in [1.165, 1.54) is 0 Å². The molecule has 0 N–H and O–H groups in total. The lowest BCUT2D eigenvalue weighted by atomic mass is 9.94. The summed E-state index contributed by atoms with van der Waals surface area (Å²) in [5.74, 6) is 0. The molecule has 0 bridgehead atoms. The molecular formula is C21H42N6O9. The number of methoxy groups -OCH3 is 1. The number of ether oxygens (including phenoxy) is 9. The van der Waals surface area contributed by atoms with E-state index in [0.717, 1.165) is 0 Å². The molecule has 0 rings (SSSR count). The smallest absolute Gasteiger partial charge is 0.146 e. The van der Waals surface area contributed by atoms with E-state index in [1.54, 1.807) is 7.11 Å². The quantitative estimate of drug-likeness (QED) is 0.0468. The Morgan fingerprint density at radius 3 is 1.22 bits per heavy atom. The van der Waals surface area contributed by atoms with Crippen LogP contribution in [0.1, 0.15) is 6.92 Å². The predicted octanol–water partition coefficient (Wildman–Crippen LogP) is 2.35. The van der Waals surface area contributed by atoms with Crippen LogP contribution in [-0.4, -0.2) is 126 Å². The molecule has 36 heavy (non-hydrogen) atoms. The Balaban J connectivity index is 4.02. The predicted molar refractivity (Wildman–Crippen MR) is 130 cm³/mol. The van der Waals surface area contributed by atoms with Crippen molar-refractivity contribution in [2.24, 2.45) is 15.6 Å². The third-order valence-electron chi connectivity index (χ3n) is 4.21. The topological polar surface area (TPSA) is 181 Å². The van der Waals surface area contributed by atoms with Gasteiger partial charge in [0.15, 0.2) is 0 Å². The summed E-state index contributed by atoms with van der Waals surface area (Å²) in [7, 11) is 1.57. The molecule has 0 spiro atoms. The molecular weight excluding hydrogens is 480 g/mol. The van der Waals surface area contributed by atoms with E-state index in [1.807, 2.05) is 6.92 Å². The minimum absolute atomic E-state index is 0.227. The standard InChI is InChI=1S/C21H42N6O9/c1-21(19-35-15-16-36-20-28-2,17-33-13-11-31-9-7-29-5-3-24-26-22)18-34-14-12-32-10-8-30-6-4-25-27-23/h3-20H2,1-2H3. The maximum absolute atomic E-state index is 8.18. The molecule has 0 unspecified atom stereocenters. The molecule has 210 valence electrons. The first-order chi connectivity index (χ1) is 17.7. The van der Waals surface area contributed by atoms with Gasteiger partial charge in [0.05, 0.1) is 99.1 Å². The van der Waals surface area contributed by atoms with Gasteiger partial charge in [-0.2, -0.15) is 0 Å². The Bertz CT molecular complexity index is 540. The third kappa shape index (κ3) is 25.4. The van der Waals surface area contributed by atoms with Crippen LogP contribution in [-0.2, 0) is 42.6 Å². The van der Waals surface area contributed by atoms with Crippen LogP contribution in [0.2, 0.25) is 0 Å². The SMILES string of the molecule is COCOCCOCC(C)(COCCOCCOCCN=[N+]=[N-])COCCOCCOCCN=[N+]=[N-]. The first kappa shape index (κ1) is 34.3. The molecule has 0 aromatic rings. The molecule has 0 aromatic carbocycles. The maximum Gasteiger partial charge on any atom is 0.146 e. The molecule has 0 radical (unpaired) electrons. The van der Waals surface area contributed by atoms with E-state index in [2.05, 4.69) is 20.1 Å². The van der Waals surface area contributed by atoms with Gasteiger partial charge in [-0.25, -0.2) is 0 Å². The Labute approximate surface area is 212 Å². The molecule has 0 saturated carbocycles. The number of azide groups is 2. The number of hydrogen-bond acceptors (Lipinski definition) is 11. The van der Waals surface area contributed by atoms with Crippen molar-refractivity contribution >= 4 is 0 Å². The molecule has 0 aliphatic heterocycles. The second kappa shape index (κ2) is 27.8. The highest BCUT2D eigenvalue weighted by molar-refractivity contribution is 4.73. The molecule has 15 heteroatoms. The van der Waals surface area contributed by atoms with Gasteiger partial charge in [0.25, 0.3) is 0 Å². The van der Waals surface area contributed by atoms with Crippen molar-refractivity contribution in [1.29, 1.82) is 0 Å². The van der Waals surface area contributed by atoms with Crippen LogP contribution in [0.3, 0.4) is 0 Å². The fourth-order valence-corrected chi connectivity index (χ4v) is 2.52. The lowest BCUT2D eigenvalue weighted by Crippen LogP contribution is -2.35. The summed E-state index contributed by atoms with van der Waals surface area (Å²) in [6, 6.07) is 0. The van der Waals surface area contributed by atoms with Gasteiger partial charge in [0, 0.05) is 35.4 Å². The minimum atomic E-state index is -0.365. The summed E-state index contributed by atoms with van der Waals surface area (Å²) in [5.41, 5.74) is 16.0. The number of nitrogens with zero attached hydrogens (tertiary/aromatic N) is 6. The van der Waals surface area contributed by atoms with E-state index in [9.17, 15) is 0 Å². The van der Waals surface area contributed by atoms with E-state index in [4.69, 9.17) is 53.7 Å². The van der Waals surface area contributed by atoms with Crippen molar-refractivity contribution in [1.82, 2.24) is 0 Å². The summed E-state index contributed by atoms with van der Waals surface area (Å²) in [6.45, 7) is 9.20. The number of rotatable bonds is 29. The fraction of sp³-hybridized carbons (Fsp3) is 1.00. The summed E-state index contributed by atoms with van der Waals surface area (Å²) >= 11 is 0. The zero-order valence-corrected chi connectivity index (χ0v) is 21.6. The molecule has 0 amide bonds. The third-order valence-corrected chi connectivity index (χ3v) is 4.21. The Morgan fingerprint density at radius 1 is 0.528 bits per heavy atom. The summed E-state index contributed by atoms with van der Waals surface area (Å²) in [4.78, 5) is 5.31. The molecule has 0 atom stereocenters. The van der Waals surface area contributed by atoms with Crippen LogP contribution in [0, 0.1) is 5.41 Å². The van der Waals surface area contributed by atoms with Crippen LogP contribution in [0.5, 0.6) is 0 Å². The van der Waals surface area contributed by atoms with E-state index >= 15 is 0 Å². The van der Waals surface area contributed by atoms with Gasteiger partial charge in [0.1, 0.15) is 6.79 Å².